The van der Waals surface area contributed by atoms with Crippen LogP contribution in [0, 0.1) is 5.41 Å². The van der Waals surface area contributed by atoms with E-state index in [1.807, 2.05) is 17.0 Å². The lowest BCUT2D eigenvalue weighted by atomic mass is 9.81. The average Bonchev–Trinajstić information content (AvgIpc) is 3.74. The van der Waals surface area contributed by atoms with E-state index >= 15 is 0 Å². The second-order valence-electron chi connectivity index (χ2n) is 13.7. The first kappa shape index (κ1) is 32.1. The van der Waals surface area contributed by atoms with Crippen LogP contribution in [0.1, 0.15) is 71.8 Å². The molecule has 2 amide bonds. The minimum atomic E-state index is -3.98. The van der Waals surface area contributed by atoms with Crippen molar-refractivity contribution in [2.45, 2.75) is 63.0 Å². The zero-order valence-electron chi connectivity index (χ0n) is 27.6. The van der Waals surface area contributed by atoms with Crippen molar-refractivity contribution >= 4 is 32.9 Å². The van der Waals surface area contributed by atoms with E-state index < -0.39 is 21.5 Å². The molecule has 7 rings (SSSR count). The van der Waals surface area contributed by atoms with Crippen LogP contribution in [0.4, 0.5) is 0 Å². The largest absolute Gasteiger partial charge is 0.497 e. The Labute approximate surface area is 276 Å². The van der Waals surface area contributed by atoms with Crippen molar-refractivity contribution in [1.82, 2.24) is 18.5 Å². The second kappa shape index (κ2) is 12.2. The number of aromatic nitrogens is 1. The number of nitrogens with one attached hydrogen (secondary N) is 1. The highest BCUT2D eigenvalue weighted by atomic mass is 32.2. The van der Waals surface area contributed by atoms with Crippen LogP contribution < -0.4 is 9.46 Å². The molecule has 0 radical (unpaired) electrons. The molecule has 252 valence electrons. The van der Waals surface area contributed by atoms with Gasteiger partial charge in [0.15, 0.2) is 0 Å². The minimum Gasteiger partial charge on any atom is -0.497 e. The number of hydrogen-bond acceptors (Lipinski definition) is 7. The van der Waals surface area contributed by atoms with Crippen LogP contribution in [0.5, 0.6) is 5.75 Å². The summed E-state index contributed by atoms with van der Waals surface area (Å²) in [5.41, 5.74) is 4.99. The van der Waals surface area contributed by atoms with E-state index in [9.17, 15) is 18.0 Å². The van der Waals surface area contributed by atoms with Crippen molar-refractivity contribution in [3.05, 3.63) is 53.1 Å². The lowest BCUT2D eigenvalue weighted by molar-refractivity contribution is -0.147. The maximum Gasteiger partial charge on any atom is 0.303 e. The standard InChI is InChI=1S/C35H44N4O7S/c1-37(2)47(42,43)36-33(40)23-10-12-27-30(16-23)39-21-35(34(41)38-14-15-46-25(19-38)20-44-3)18-29(35)28-17-24(45-4)11-13-26(28)32(39)31(27)22-8-6-5-7-9-22/h10-13,16-17,22,25,29H,5-9,14-15,18-21H2,1-4H3,(H,36,40)/t25-,29+,35+/m1/s1. The van der Waals surface area contributed by atoms with E-state index in [0.29, 0.717) is 45.2 Å². The third-order valence-electron chi connectivity index (χ3n) is 10.7. The zero-order chi connectivity index (χ0) is 33.1. The predicted molar refractivity (Wildman–Crippen MR) is 178 cm³/mol. The number of nitrogens with zero attached hydrogens (tertiary/aromatic N) is 3. The molecule has 2 aliphatic carbocycles. The molecule has 0 spiro atoms. The summed E-state index contributed by atoms with van der Waals surface area (Å²) in [5.74, 6) is 0.520. The zero-order valence-corrected chi connectivity index (χ0v) is 28.4. The van der Waals surface area contributed by atoms with Gasteiger partial charge in [-0.15, -0.1) is 0 Å². The topological polar surface area (TPSA) is 119 Å². The van der Waals surface area contributed by atoms with Crippen molar-refractivity contribution in [2.75, 3.05) is 54.6 Å². The highest BCUT2D eigenvalue weighted by Crippen LogP contribution is 2.66. The number of morpholine rings is 1. The van der Waals surface area contributed by atoms with Crippen molar-refractivity contribution in [1.29, 1.82) is 0 Å². The molecule has 4 aliphatic rings. The number of rotatable bonds is 8. The van der Waals surface area contributed by atoms with Crippen LogP contribution in [0.15, 0.2) is 36.4 Å². The van der Waals surface area contributed by atoms with Gasteiger partial charge in [0.1, 0.15) is 5.75 Å². The Hall–Kier alpha value is -3.45. The second-order valence-corrected chi connectivity index (χ2v) is 15.6. The van der Waals surface area contributed by atoms with Crippen molar-refractivity contribution in [2.24, 2.45) is 5.41 Å². The number of fused-ring (bicyclic) bond motifs is 7. The Morgan fingerprint density at radius 3 is 2.60 bits per heavy atom. The number of benzene rings is 2. The lowest BCUT2D eigenvalue weighted by Crippen LogP contribution is -2.50. The molecule has 2 aliphatic heterocycles. The summed E-state index contributed by atoms with van der Waals surface area (Å²) in [5, 5.41) is 1.05. The quantitative estimate of drug-likeness (QED) is 0.382. The first-order valence-corrected chi connectivity index (χ1v) is 18.0. The number of ether oxygens (including phenoxy) is 3. The fraction of sp³-hybridized carbons (Fsp3) is 0.543. The molecule has 12 heteroatoms. The molecule has 1 aromatic heterocycles. The Bertz CT molecular complexity index is 1830. The van der Waals surface area contributed by atoms with E-state index in [1.165, 1.54) is 26.1 Å². The highest BCUT2D eigenvalue weighted by Gasteiger charge is 2.64. The van der Waals surface area contributed by atoms with Gasteiger partial charge < -0.3 is 23.7 Å². The molecule has 47 heavy (non-hydrogen) atoms. The summed E-state index contributed by atoms with van der Waals surface area (Å²) in [6, 6.07) is 11.7. The van der Waals surface area contributed by atoms with Crippen LogP contribution in [-0.4, -0.2) is 94.7 Å². The molecule has 1 saturated heterocycles. The van der Waals surface area contributed by atoms with Gasteiger partial charge in [0, 0.05) is 68.8 Å². The van der Waals surface area contributed by atoms with Gasteiger partial charge in [0.05, 0.1) is 37.5 Å². The lowest BCUT2D eigenvalue weighted by Gasteiger charge is -2.35. The Balaban J connectivity index is 1.41. The Kier molecular flexibility index (Phi) is 8.35. The van der Waals surface area contributed by atoms with Crippen molar-refractivity contribution in [3.63, 3.8) is 0 Å². The van der Waals surface area contributed by atoms with Crippen LogP contribution in [0.3, 0.4) is 0 Å². The maximum atomic E-state index is 14.7. The summed E-state index contributed by atoms with van der Waals surface area (Å²) in [7, 11) is 2.09. The van der Waals surface area contributed by atoms with E-state index in [1.54, 1.807) is 26.4 Å². The molecule has 0 bridgehead atoms. The van der Waals surface area contributed by atoms with E-state index in [2.05, 4.69) is 21.4 Å². The third kappa shape index (κ3) is 5.52. The first-order valence-electron chi connectivity index (χ1n) is 16.6. The molecule has 3 heterocycles. The molecule has 1 N–H and O–H groups in total. The molecular weight excluding hydrogens is 620 g/mol. The van der Waals surface area contributed by atoms with E-state index in [4.69, 9.17) is 14.2 Å². The van der Waals surface area contributed by atoms with Crippen LogP contribution in [0.25, 0.3) is 22.2 Å². The fourth-order valence-corrected chi connectivity index (χ4v) is 8.73. The van der Waals surface area contributed by atoms with Gasteiger partial charge in [0.2, 0.25) is 5.91 Å². The monoisotopic (exact) mass is 664 g/mol. The smallest absolute Gasteiger partial charge is 0.303 e. The summed E-state index contributed by atoms with van der Waals surface area (Å²) >= 11 is 0. The molecule has 3 fully saturated rings. The molecule has 2 saturated carbocycles. The normalized spacial score (nSPS) is 24.3. The average molecular weight is 665 g/mol. The maximum absolute atomic E-state index is 14.7. The van der Waals surface area contributed by atoms with Gasteiger partial charge >= 0.3 is 10.2 Å². The Morgan fingerprint density at radius 1 is 1.09 bits per heavy atom. The predicted octanol–water partition coefficient (Wildman–Crippen LogP) is 4.26. The van der Waals surface area contributed by atoms with Gasteiger partial charge in [-0.1, -0.05) is 25.3 Å². The summed E-state index contributed by atoms with van der Waals surface area (Å²) in [4.78, 5) is 30.0. The molecule has 11 nitrogen and oxygen atoms in total. The van der Waals surface area contributed by atoms with Gasteiger partial charge in [-0.05, 0) is 66.6 Å². The number of methoxy groups -OCH3 is 2. The Morgan fingerprint density at radius 2 is 1.87 bits per heavy atom. The van der Waals surface area contributed by atoms with Crippen LogP contribution in [0.2, 0.25) is 0 Å². The van der Waals surface area contributed by atoms with Gasteiger partial charge in [-0.3, -0.25) is 9.59 Å². The van der Waals surface area contributed by atoms with Crippen molar-refractivity contribution < 1.29 is 32.2 Å². The fourth-order valence-electron chi connectivity index (χ4n) is 8.19. The summed E-state index contributed by atoms with van der Waals surface area (Å²) in [6.07, 6.45) is 6.19. The van der Waals surface area contributed by atoms with E-state index in [-0.39, 0.29) is 23.5 Å². The SMILES string of the molecule is COC[C@H]1CN(C(=O)[C@]23C[C@H]2c2cc(OC)ccc2-c2c(C4CCCCC4)c4ccc(C(=O)NS(=O)(=O)N(C)C)cc4n2C3)CCO1. The molecule has 3 aromatic rings. The van der Waals surface area contributed by atoms with Crippen molar-refractivity contribution in [3.8, 4) is 17.0 Å². The molecule has 0 unspecified atom stereocenters. The summed E-state index contributed by atoms with van der Waals surface area (Å²) in [6.45, 7) is 2.34. The number of carbonyl (C=O) groups is 2. The summed E-state index contributed by atoms with van der Waals surface area (Å²) < 4.78 is 47.5. The minimum absolute atomic E-state index is 0.00897. The van der Waals surface area contributed by atoms with E-state index in [0.717, 1.165) is 63.5 Å². The van der Waals surface area contributed by atoms with Gasteiger partial charge in [0.25, 0.3) is 5.91 Å². The number of hydrogen-bond donors (Lipinski definition) is 1. The highest BCUT2D eigenvalue weighted by molar-refractivity contribution is 7.87. The van der Waals surface area contributed by atoms with Crippen LogP contribution in [-0.2, 0) is 31.0 Å². The third-order valence-corrected chi connectivity index (χ3v) is 12.1. The van der Waals surface area contributed by atoms with Gasteiger partial charge in [-0.2, -0.15) is 12.7 Å². The van der Waals surface area contributed by atoms with Crippen LogP contribution >= 0.6 is 0 Å². The van der Waals surface area contributed by atoms with Gasteiger partial charge in [-0.25, -0.2) is 4.72 Å². The molecule has 2 aromatic carbocycles. The number of amides is 2. The molecular formula is C35H44N4O7S. The number of carbonyl (C=O) groups excluding carboxylic acids is 2. The molecule has 3 atom stereocenters. The first-order chi connectivity index (χ1) is 22.6.